The maximum absolute atomic E-state index is 11.4. The number of rotatable bonds is 4. The second-order valence-electron chi connectivity index (χ2n) is 2.95. The minimum atomic E-state index is -0.668. The Morgan fingerprint density at radius 2 is 2.31 bits per heavy atom. The van der Waals surface area contributed by atoms with Gasteiger partial charge < -0.3 is 4.74 Å². The summed E-state index contributed by atoms with van der Waals surface area (Å²) in [6.45, 7) is 9.32. The van der Waals surface area contributed by atoms with E-state index in [0.29, 0.717) is 13.0 Å². The molecule has 0 radical (unpaired) electrons. The van der Waals surface area contributed by atoms with E-state index in [1.807, 2.05) is 0 Å². The molecule has 0 aliphatic heterocycles. The van der Waals surface area contributed by atoms with Gasteiger partial charge in [-0.3, -0.25) is 4.79 Å². The molecule has 0 fully saturated rings. The summed E-state index contributed by atoms with van der Waals surface area (Å²) < 4.78 is 4.92. The lowest BCUT2D eigenvalue weighted by Gasteiger charge is -2.20. The fourth-order valence-corrected chi connectivity index (χ4v) is 0.796. The predicted molar refractivity (Wildman–Crippen MR) is 53.0 cm³/mol. The van der Waals surface area contributed by atoms with Crippen molar-refractivity contribution in [3.63, 3.8) is 0 Å². The molecule has 2 nitrogen and oxygen atoms in total. The molecule has 0 aliphatic rings. The van der Waals surface area contributed by atoms with Crippen LogP contribution in [0, 0.1) is 17.3 Å². The molecule has 0 spiro atoms. The first-order chi connectivity index (χ1) is 6.10. The number of esters is 1. The first-order valence-electron chi connectivity index (χ1n) is 4.31. The lowest BCUT2D eigenvalue weighted by atomic mass is 9.87. The van der Waals surface area contributed by atoms with Crippen LogP contribution in [0.25, 0.3) is 0 Å². The number of ether oxygens (including phenoxy) is 1. The van der Waals surface area contributed by atoms with Gasteiger partial charge in [0, 0.05) is 6.42 Å². The van der Waals surface area contributed by atoms with Crippen LogP contribution in [-0.4, -0.2) is 12.6 Å². The van der Waals surface area contributed by atoms with E-state index < -0.39 is 5.41 Å². The van der Waals surface area contributed by atoms with E-state index in [0.717, 1.165) is 0 Å². The third kappa shape index (κ3) is 3.33. The Morgan fingerprint density at radius 3 is 2.69 bits per heavy atom. The number of carbonyl (C=O) groups is 1. The third-order valence-electron chi connectivity index (χ3n) is 1.82. The Balaban J connectivity index is 4.48. The van der Waals surface area contributed by atoms with E-state index in [1.165, 1.54) is 0 Å². The average molecular weight is 180 g/mol. The summed E-state index contributed by atoms with van der Waals surface area (Å²) >= 11 is 0. The smallest absolute Gasteiger partial charge is 0.316 e. The monoisotopic (exact) mass is 180 g/mol. The van der Waals surface area contributed by atoms with E-state index in [2.05, 4.69) is 18.4 Å². The fraction of sp³-hybridized carbons (Fsp3) is 0.545. The quantitative estimate of drug-likeness (QED) is 0.376. The number of carbonyl (C=O) groups excluding carboxylic acids is 1. The maximum Gasteiger partial charge on any atom is 0.316 e. The Labute approximate surface area is 80.0 Å². The Kier molecular flexibility index (Phi) is 4.91. The van der Waals surface area contributed by atoms with E-state index in [4.69, 9.17) is 4.74 Å². The van der Waals surface area contributed by atoms with Crippen molar-refractivity contribution < 1.29 is 9.53 Å². The van der Waals surface area contributed by atoms with Crippen molar-refractivity contribution in [1.29, 1.82) is 0 Å². The fourth-order valence-electron chi connectivity index (χ4n) is 0.796. The maximum atomic E-state index is 11.4. The molecule has 0 N–H and O–H groups in total. The van der Waals surface area contributed by atoms with Gasteiger partial charge in [0.25, 0.3) is 0 Å². The summed E-state index contributed by atoms with van der Waals surface area (Å²) in [6.07, 6.45) is 2.06. The second-order valence-corrected chi connectivity index (χ2v) is 2.95. The van der Waals surface area contributed by atoms with E-state index >= 15 is 0 Å². The molecule has 0 heterocycles. The normalized spacial score (nSPS) is 13.5. The van der Waals surface area contributed by atoms with Crippen molar-refractivity contribution >= 4 is 5.97 Å². The molecule has 0 saturated heterocycles. The van der Waals surface area contributed by atoms with Crippen LogP contribution in [0.5, 0.6) is 0 Å². The minimum Gasteiger partial charge on any atom is -0.465 e. The van der Waals surface area contributed by atoms with Gasteiger partial charge in [0.15, 0.2) is 0 Å². The molecule has 0 rings (SSSR count). The molecule has 72 valence electrons. The van der Waals surface area contributed by atoms with Crippen molar-refractivity contribution in [3.05, 3.63) is 12.7 Å². The first kappa shape index (κ1) is 11.8. The highest BCUT2D eigenvalue weighted by molar-refractivity contribution is 5.78. The van der Waals surface area contributed by atoms with Crippen LogP contribution in [0.2, 0.25) is 0 Å². The van der Waals surface area contributed by atoms with Crippen molar-refractivity contribution in [1.82, 2.24) is 0 Å². The SMILES string of the molecule is C=CC(C)(CC#CC)C(=O)OCC. The number of hydrogen-bond donors (Lipinski definition) is 0. The summed E-state index contributed by atoms with van der Waals surface area (Å²) in [5.41, 5.74) is -0.668. The Bertz CT molecular complexity index is 245. The standard InChI is InChI=1S/C11H16O2/c1-5-8-9-11(4,6-2)10(12)13-7-3/h6H,2,7,9H2,1,3-4H3. The number of hydrogen-bond acceptors (Lipinski definition) is 2. The van der Waals surface area contributed by atoms with Crippen LogP contribution in [0.15, 0.2) is 12.7 Å². The van der Waals surface area contributed by atoms with Crippen LogP contribution < -0.4 is 0 Å². The van der Waals surface area contributed by atoms with Crippen LogP contribution in [-0.2, 0) is 9.53 Å². The van der Waals surface area contributed by atoms with Gasteiger partial charge >= 0.3 is 5.97 Å². The van der Waals surface area contributed by atoms with Crippen molar-refractivity contribution in [2.45, 2.75) is 27.2 Å². The van der Waals surface area contributed by atoms with Gasteiger partial charge in [-0.1, -0.05) is 6.08 Å². The third-order valence-corrected chi connectivity index (χ3v) is 1.82. The summed E-state index contributed by atoms with van der Waals surface area (Å²) in [5, 5.41) is 0. The van der Waals surface area contributed by atoms with Gasteiger partial charge in [-0.25, -0.2) is 0 Å². The van der Waals surface area contributed by atoms with Crippen molar-refractivity contribution in [3.8, 4) is 11.8 Å². The van der Waals surface area contributed by atoms with Gasteiger partial charge in [0.1, 0.15) is 0 Å². The molecule has 2 heteroatoms. The van der Waals surface area contributed by atoms with E-state index in [1.54, 1.807) is 26.8 Å². The van der Waals surface area contributed by atoms with Gasteiger partial charge in [0.2, 0.25) is 0 Å². The van der Waals surface area contributed by atoms with Crippen molar-refractivity contribution in [2.24, 2.45) is 5.41 Å². The summed E-state index contributed by atoms with van der Waals surface area (Å²) in [4.78, 5) is 11.4. The summed E-state index contributed by atoms with van der Waals surface area (Å²) in [5.74, 6) is 5.35. The molecule has 0 amide bonds. The minimum absolute atomic E-state index is 0.257. The Morgan fingerprint density at radius 1 is 1.69 bits per heavy atom. The zero-order valence-corrected chi connectivity index (χ0v) is 8.52. The highest BCUT2D eigenvalue weighted by Crippen LogP contribution is 2.23. The molecule has 13 heavy (non-hydrogen) atoms. The molecule has 0 bridgehead atoms. The zero-order chi connectivity index (χ0) is 10.3. The highest BCUT2D eigenvalue weighted by Gasteiger charge is 2.30. The lowest BCUT2D eigenvalue weighted by molar-refractivity contribution is -0.151. The predicted octanol–water partition coefficient (Wildman–Crippen LogP) is 2.16. The summed E-state index contributed by atoms with van der Waals surface area (Å²) in [6, 6.07) is 0. The van der Waals surface area contributed by atoms with Crippen LogP contribution >= 0.6 is 0 Å². The summed E-state index contributed by atoms with van der Waals surface area (Å²) in [7, 11) is 0. The average Bonchev–Trinajstić information content (AvgIpc) is 2.14. The van der Waals surface area contributed by atoms with Gasteiger partial charge in [-0.2, -0.15) is 0 Å². The van der Waals surface area contributed by atoms with Gasteiger partial charge in [0.05, 0.1) is 12.0 Å². The highest BCUT2D eigenvalue weighted by atomic mass is 16.5. The molecule has 1 unspecified atom stereocenters. The topological polar surface area (TPSA) is 26.3 Å². The first-order valence-corrected chi connectivity index (χ1v) is 4.31. The molecule has 0 aliphatic carbocycles. The lowest BCUT2D eigenvalue weighted by Crippen LogP contribution is -2.27. The van der Waals surface area contributed by atoms with Crippen LogP contribution in [0.3, 0.4) is 0 Å². The van der Waals surface area contributed by atoms with Crippen LogP contribution in [0.1, 0.15) is 27.2 Å². The molecular weight excluding hydrogens is 164 g/mol. The van der Waals surface area contributed by atoms with Crippen LogP contribution in [0.4, 0.5) is 0 Å². The largest absolute Gasteiger partial charge is 0.465 e. The van der Waals surface area contributed by atoms with Gasteiger partial charge in [-0.05, 0) is 20.8 Å². The zero-order valence-electron chi connectivity index (χ0n) is 8.52. The molecular formula is C11H16O2. The Hall–Kier alpha value is -1.23. The molecule has 0 saturated carbocycles. The van der Waals surface area contributed by atoms with Crippen molar-refractivity contribution in [2.75, 3.05) is 6.61 Å². The van der Waals surface area contributed by atoms with Gasteiger partial charge in [-0.15, -0.1) is 18.4 Å². The molecule has 0 aromatic heterocycles. The van der Waals surface area contributed by atoms with E-state index in [9.17, 15) is 4.79 Å². The molecule has 0 aromatic carbocycles. The van der Waals surface area contributed by atoms with E-state index in [-0.39, 0.29) is 5.97 Å². The second kappa shape index (κ2) is 5.42. The molecule has 1 atom stereocenters. The molecule has 0 aromatic rings.